The van der Waals surface area contributed by atoms with Crippen LogP contribution in [0.15, 0.2) is 30.6 Å². The molecule has 3 rings (SSSR count). The minimum Gasteiger partial charge on any atom is -0.354 e. The Morgan fingerprint density at radius 2 is 2.10 bits per heavy atom. The summed E-state index contributed by atoms with van der Waals surface area (Å²) in [5, 5.41) is 10.2. The van der Waals surface area contributed by atoms with E-state index in [9.17, 15) is 9.18 Å². The van der Waals surface area contributed by atoms with E-state index in [2.05, 4.69) is 20.7 Å². The van der Waals surface area contributed by atoms with Crippen LogP contribution in [0.4, 0.5) is 10.3 Å². The third-order valence-electron chi connectivity index (χ3n) is 3.42. The first kappa shape index (κ1) is 13.5. The lowest BCUT2D eigenvalue weighted by molar-refractivity contribution is -0.121. The van der Waals surface area contributed by atoms with Crippen molar-refractivity contribution in [2.75, 3.05) is 11.9 Å². The van der Waals surface area contributed by atoms with Crippen LogP contribution in [-0.2, 0) is 4.79 Å². The molecule has 0 radical (unpaired) electrons. The zero-order chi connectivity index (χ0) is 14.7. The van der Waals surface area contributed by atoms with E-state index in [1.807, 2.05) is 0 Å². The molecule has 0 spiro atoms. The number of carbonyl (C=O) groups excluding carboxylic acids is 1. The third kappa shape index (κ3) is 3.18. The molecule has 0 saturated carbocycles. The Labute approximate surface area is 121 Å². The van der Waals surface area contributed by atoms with Gasteiger partial charge in [-0.05, 0) is 43.5 Å². The Balaban J connectivity index is 1.72. The van der Waals surface area contributed by atoms with Crippen molar-refractivity contribution in [1.82, 2.24) is 20.1 Å². The van der Waals surface area contributed by atoms with Gasteiger partial charge in [-0.15, -0.1) is 5.10 Å². The highest BCUT2D eigenvalue weighted by Gasteiger charge is 2.21. The highest BCUT2D eigenvalue weighted by molar-refractivity contribution is 5.84. The van der Waals surface area contributed by atoms with Gasteiger partial charge in [0.05, 0.1) is 5.69 Å². The first-order valence-corrected chi connectivity index (χ1v) is 6.94. The summed E-state index contributed by atoms with van der Waals surface area (Å²) in [6.07, 6.45) is 4.26. The molecule has 1 aliphatic rings. The fraction of sp³-hybridized carbons (Fsp3) is 0.357. The summed E-state index contributed by atoms with van der Waals surface area (Å²) >= 11 is 0. The predicted molar refractivity (Wildman–Crippen MR) is 75.6 cm³/mol. The quantitative estimate of drug-likeness (QED) is 0.898. The van der Waals surface area contributed by atoms with Crippen molar-refractivity contribution in [2.24, 2.45) is 0 Å². The number of hydrogen-bond acceptors (Lipinski definition) is 4. The summed E-state index contributed by atoms with van der Waals surface area (Å²) in [5.74, 6) is 0.0688. The van der Waals surface area contributed by atoms with Gasteiger partial charge in [0.2, 0.25) is 11.9 Å². The molecule has 7 heteroatoms. The maximum absolute atomic E-state index is 12.9. The topological polar surface area (TPSA) is 71.8 Å². The molecule has 2 heterocycles. The molecule has 2 aromatic rings. The molecule has 1 atom stereocenters. The first-order chi connectivity index (χ1) is 10.2. The Morgan fingerprint density at radius 1 is 1.29 bits per heavy atom. The predicted octanol–water partition coefficient (Wildman–Crippen LogP) is 1.49. The number of rotatable bonds is 3. The Morgan fingerprint density at radius 3 is 2.90 bits per heavy atom. The molecular formula is C14H16FN5O. The van der Waals surface area contributed by atoms with Gasteiger partial charge in [-0.25, -0.2) is 14.1 Å². The van der Waals surface area contributed by atoms with Crippen LogP contribution < -0.4 is 10.6 Å². The van der Waals surface area contributed by atoms with Gasteiger partial charge in [0.25, 0.3) is 0 Å². The lowest BCUT2D eigenvalue weighted by atomic mass is 10.1. The molecule has 6 nitrogen and oxygen atoms in total. The average molecular weight is 289 g/mol. The number of benzene rings is 1. The maximum Gasteiger partial charge on any atom is 0.243 e. The van der Waals surface area contributed by atoms with Crippen LogP contribution >= 0.6 is 0 Å². The zero-order valence-corrected chi connectivity index (χ0v) is 11.4. The number of anilines is 1. The van der Waals surface area contributed by atoms with Crippen LogP contribution in [0.2, 0.25) is 0 Å². The molecule has 1 unspecified atom stereocenters. The summed E-state index contributed by atoms with van der Waals surface area (Å²) in [5.41, 5.74) is 0.710. The van der Waals surface area contributed by atoms with Crippen molar-refractivity contribution in [3.8, 4) is 5.69 Å². The number of aromatic nitrogens is 3. The van der Waals surface area contributed by atoms with Crippen molar-refractivity contribution in [3.63, 3.8) is 0 Å². The third-order valence-corrected chi connectivity index (χ3v) is 3.42. The van der Waals surface area contributed by atoms with E-state index in [-0.39, 0.29) is 17.8 Å². The molecule has 1 amide bonds. The maximum atomic E-state index is 12.9. The van der Waals surface area contributed by atoms with Gasteiger partial charge in [0.1, 0.15) is 18.2 Å². The molecule has 2 N–H and O–H groups in total. The standard InChI is InChI=1S/C14H16FN5O/c15-10-4-6-11(7-5-10)20-9-17-14(19-20)18-12-3-1-2-8-16-13(12)21/h4-7,9,12H,1-3,8H2,(H,16,21)(H,18,19). The Kier molecular flexibility index (Phi) is 3.81. The number of carbonyl (C=O) groups is 1. The number of halogens is 1. The lowest BCUT2D eigenvalue weighted by Crippen LogP contribution is -2.38. The molecule has 1 fully saturated rings. The molecule has 110 valence electrons. The molecule has 0 aliphatic carbocycles. The largest absolute Gasteiger partial charge is 0.354 e. The van der Waals surface area contributed by atoms with Gasteiger partial charge >= 0.3 is 0 Å². The molecule has 1 aromatic heterocycles. The van der Waals surface area contributed by atoms with Gasteiger partial charge in [-0.2, -0.15) is 0 Å². The van der Waals surface area contributed by atoms with Crippen LogP contribution in [0.5, 0.6) is 0 Å². The number of nitrogens with one attached hydrogen (secondary N) is 2. The van der Waals surface area contributed by atoms with Crippen LogP contribution in [0.3, 0.4) is 0 Å². The summed E-state index contributed by atoms with van der Waals surface area (Å²) in [4.78, 5) is 16.0. The molecule has 0 bridgehead atoms. The van der Waals surface area contributed by atoms with Crippen molar-refractivity contribution in [1.29, 1.82) is 0 Å². The van der Waals surface area contributed by atoms with E-state index in [4.69, 9.17) is 0 Å². The summed E-state index contributed by atoms with van der Waals surface area (Å²) in [6, 6.07) is 5.65. The van der Waals surface area contributed by atoms with Gasteiger partial charge in [-0.1, -0.05) is 0 Å². The second-order valence-corrected chi connectivity index (χ2v) is 4.97. The van der Waals surface area contributed by atoms with Crippen LogP contribution in [-0.4, -0.2) is 33.3 Å². The van der Waals surface area contributed by atoms with Gasteiger partial charge in [0.15, 0.2) is 0 Å². The van der Waals surface area contributed by atoms with Crippen LogP contribution in [0.1, 0.15) is 19.3 Å². The van der Waals surface area contributed by atoms with E-state index in [0.717, 1.165) is 19.3 Å². The summed E-state index contributed by atoms with van der Waals surface area (Å²) in [6.45, 7) is 0.717. The molecule has 21 heavy (non-hydrogen) atoms. The van der Waals surface area contributed by atoms with Crippen molar-refractivity contribution in [2.45, 2.75) is 25.3 Å². The van der Waals surface area contributed by atoms with Crippen molar-refractivity contribution in [3.05, 3.63) is 36.4 Å². The smallest absolute Gasteiger partial charge is 0.243 e. The summed E-state index contributed by atoms with van der Waals surface area (Å²) < 4.78 is 14.4. The van der Waals surface area contributed by atoms with Crippen LogP contribution in [0.25, 0.3) is 5.69 Å². The van der Waals surface area contributed by atoms with E-state index in [1.54, 1.807) is 12.1 Å². The fourth-order valence-corrected chi connectivity index (χ4v) is 2.28. The van der Waals surface area contributed by atoms with E-state index < -0.39 is 0 Å². The van der Waals surface area contributed by atoms with Gasteiger partial charge in [-0.3, -0.25) is 4.79 Å². The van der Waals surface area contributed by atoms with E-state index in [1.165, 1.54) is 23.1 Å². The van der Waals surface area contributed by atoms with E-state index in [0.29, 0.717) is 18.2 Å². The molecular weight excluding hydrogens is 273 g/mol. The lowest BCUT2D eigenvalue weighted by Gasteiger charge is -2.13. The monoisotopic (exact) mass is 289 g/mol. The Bertz CT molecular complexity index is 625. The SMILES string of the molecule is O=C1NCCCCC1Nc1ncn(-c2ccc(F)cc2)n1. The van der Waals surface area contributed by atoms with Crippen LogP contribution in [0, 0.1) is 5.82 Å². The Hall–Kier alpha value is -2.44. The van der Waals surface area contributed by atoms with Gasteiger partial charge in [0, 0.05) is 6.54 Å². The highest BCUT2D eigenvalue weighted by Crippen LogP contribution is 2.12. The number of nitrogens with zero attached hydrogens (tertiary/aromatic N) is 3. The normalized spacial score (nSPS) is 18.9. The van der Waals surface area contributed by atoms with Crippen molar-refractivity contribution >= 4 is 11.9 Å². The zero-order valence-electron chi connectivity index (χ0n) is 11.4. The summed E-state index contributed by atoms with van der Waals surface area (Å²) in [7, 11) is 0. The second-order valence-electron chi connectivity index (χ2n) is 4.97. The average Bonchev–Trinajstić information content (AvgIpc) is 2.85. The van der Waals surface area contributed by atoms with Gasteiger partial charge < -0.3 is 10.6 Å². The van der Waals surface area contributed by atoms with E-state index >= 15 is 0 Å². The number of hydrogen-bond donors (Lipinski definition) is 2. The highest BCUT2D eigenvalue weighted by atomic mass is 19.1. The fourth-order valence-electron chi connectivity index (χ4n) is 2.28. The minimum atomic E-state index is -0.309. The second kappa shape index (κ2) is 5.90. The minimum absolute atomic E-state index is 0.0226. The molecule has 1 aromatic carbocycles. The molecule has 1 aliphatic heterocycles. The number of amides is 1. The van der Waals surface area contributed by atoms with Crippen molar-refractivity contribution < 1.29 is 9.18 Å². The first-order valence-electron chi connectivity index (χ1n) is 6.94. The molecule has 1 saturated heterocycles.